The third-order valence-corrected chi connectivity index (χ3v) is 3.42. The molecule has 3 heteroatoms. The minimum Gasteiger partial charge on any atom is -0.308 e. The molecule has 0 aliphatic carbocycles. The lowest BCUT2D eigenvalue weighted by Gasteiger charge is -2.30. The van der Waals surface area contributed by atoms with Crippen molar-refractivity contribution in [1.29, 1.82) is 0 Å². The van der Waals surface area contributed by atoms with E-state index in [1.165, 1.54) is 0 Å². The van der Waals surface area contributed by atoms with E-state index in [-0.39, 0.29) is 0 Å². The average molecular weight is 209 g/mol. The van der Waals surface area contributed by atoms with Crippen LogP contribution in [0.3, 0.4) is 0 Å². The lowest BCUT2D eigenvalue weighted by atomic mass is 9.81. The number of rotatable bonds is 5. The molecule has 3 nitrogen and oxygen atoms in total. The molecule has 0 radical (unpaired) electrons. The minimum absolute atomic E-state index is 0.328. The largest absolute Gasteiger partial charge is 0.308 e. The summed E-state index contributed by atoms with van der Waals surface area (Å²) in [6.07, 6.45) is 1.79. The quantitative estimate of drug-likeness (QED) is 0.783. The molecule has 0 saturated heterocycles. The summed E-state index contributed by atoms with van der Waals surface area (Å²) < 4.78 is 0. The first-order valence-corrected chi connectivity index (χ1v) is 5.66. The molecule has 1 atom stereocenters. The Balaban J connectivity index is 2.44. The molecule has 15 heavy (non-hydrogen) atoms. The van der Waals surface area contributed by atoms with Crippen molar-refractivity contribution in [3.8, 4) is 0 Å². The van der Waals surface area contributed by atoms with Crippen LogP contribution in [-0.4, -0.2) is 16.7 Å². The summed E-state index contributed by atoms with van der Waals surface area (Å²) in [4.78, 5) is 0. The Kier molecular flexibility index (Phi) is 3.91. The molecular formula is C12H23N3. The predicted octanol–water partition coefficient (Wildman–Crippen LogP) is 2.74. The van der Waals surface area contributed by atoms with E-state index in [0.29, 0.717) is 17.4 Å². The lowest BCUT2D eigenvalue weighted by Crippen LogP contribution is -2.34. The Morgan fingerprint density at radius 1 is 1.40 bits per heavy atom. The molecule has 0 aliphatic rings. The van der Waals surface area contributed by atoms with Crippen LogP contribution in [0.2, 0.25) is 0 Å². The van der Waals surface area contributed by atoms with Crippen LogP contribution in [0.4, 0.5) is 0 Å². The smallest absolute Gasteiger partial charge is 0.0518 e. The van der Waals surface area contributed by atoms with E-state index in [4.69, 9.17) is 0 Å². The Morgan fingerprint density at radius 3 is 2.53 bits per heavy atom. The van der Waals surface area contributed by atoms with Gasteiger partial charge in [-0.3, -0.25) is 5.10 Å². The van der Waals surface area contributed by atoms with Gasteiger partial charge in [0, 0.05) is 18.8 Å². The molecule has 0 bridgehead atoms. The van der Waals surface area contributed by atoms with Crippen molar-refractivity contribution in [2.24, 2.45) is 11.3 Å². The molecule has 0 saturated carbocycles. The van der Waals surface area contributed by atoms with Gasteiger partial charge in [0.05, 0.1) is 5.69 Å². The van der Waals surface area contributed by atoms with E-state index < -0.39 is 0 Å². The molecule has 0 fully saturated rings. The first kappa shape index (κ1) is 12.2. The predicted molar refractivity (Wildman–Crippen MR) is 63.6 cm³/mol. The number of hydrogen-bond acceptors (Lipinski definition) is 2. The van der Waals surface area contributed by atoms with Crippen LogP contribution >= 0.6 is 0 Å². The Hall–Kier alpha value is -0.830. The maximum Gasteiger partial charge on any atom is 0.0518 e. The maximum atomic E-state index is 3.96. The molecule has 1 aromatic rings. The highest BCUT2D eigenvalue weighted by molar-refractivity contribution is 5.03. The second kappa shape index (κ2) is 4.79. The molecule has 1 unspecified atom stereocenters. The molecule has 1 rings (SSSR count). The zero-order valence-corrected chi connectivity index (χ0v) is 10.5. The number of hydrogen-bond donors (Lipinski definition) is 2. The van der Waals surface area contributed by atoms with Gasteiger partial charge in [-0.1, -0.05) is 27.7 Å². The van der Waals surface area contributed by atoms with E-state index in [1.54, 1.807) is 6.20 Å². The fraction of sp³-hybridized carbons (Fsp3) is 0.750. The van der Waals surface area contributed by atoms with Gasteiger partial charge in [-0.05, 0) is 24.3 Å². The van der Waals surface area contributed by atoms with Gasteiger partial charge in [-0.25, -0.2) is 0 Å². The SMILES string of the molecule is CC(NCC(C)(C)C(C)C)c1ccn[nH]1. The van der Waals surface area contributed by atoms with Gasteiger partial charge >= 0.3 is 0 Å². The third-order valence-electron chi connectivity index (χ3n) is 3.42. The fourth-order valence-corrected chi connectivity index (χ4v) is 1.24. The van der Waals surface area contributed by atoms with Crippen LogP contribution in [0.25, 0.3) is 0 Å². The number of nitrogens with zero attached hydrogens (tertiary/aromatic N) is 1. The minimum atomic E-state index is 0.328. The van der Waals surface area contributed by atoms with Gasteiger partial charge in [-0.15, -0.1) is 0 Å². The first-order valence-electron chi connectivity index (χ1n) is 5.66. The molecule has 0 spiro atoms. The molecule has 2 N–H and O–H groups in total. The summed E-state index contributed by atoms with van der Waals surface area (Å²) >= 11 is 0. The van der Waals surface area contributed by atoms with Crippen molar-refractivity contribution in [2.75, 3.05) is 6.54 Å². The Morgan fingerprint density at radius 2 is 2.07 bits per heavy atom. The van der Waals surface area contributed by atoms with E-state index in [9.17, 15) is 0 Å². The van der Waals surface area contributed by atoms with Gasteiger partial charge in [-0.2, -0.15) is 5.10 Å². The van der Waals surface area contributed by atoms with E-state index in [0.717, 1.165) is 12.2 Å². The third kappa shape index (κ3) is 3.34. The van der Waals surface area contributed by atoms with Gasteiger partial charge in [0.25, 0.3) is 0 Å². The highest BCUT2D eigenvalue weighted by Gasteiger charge is 2.22. The summed E-state index contributed by atoms with van der Waals surface area (Å²) in [5.41, 5.74) is 1.48. The van der Waals surface area contributed by atoms with Crippen molar-refractivity contribution in [3.63, 3.8) is 0 Å². The number of aromatic nitrogens is 2. The summed E-state index contributed by atoms with van der Waals surface area (Å²) in [7, 11) is 0. The van der Waals surface area contributed by atoms with Crippen molar-refractivity contribution in [1.82, 2.24) is 15.5 Å². The number of nitrogens with one attached hydrogen (secondary N) is 2. The summed E-state index contributed by atoms with van der Waals surface area (Å²) in [6.45, 7) is 12.3. The lowest BCUT2D eigenvalue weighted by molar-refractivity contribution is 0.230. The summed E-state index contributed by atoms with van der Waals surface area (Å²) in [5.74, 6) is 0.680. The van der Waals surface area contributed by atoms with Crippen LogP contribution < -0.4 is 5.32 Å². The van der Waals surface area contributed by atoms with Crippen molar-refractivity contribution in [2.45, 2.75) is 40.7 Å². The van der Waals surface area contributed by atoms with Crippen LogP contribution in [-0.2, 0) is 0 Å². The Bertz CT molecular complexity index is 275. The van der Waals surface area contributed by atoms with Crippen molar-refractivity contribution < 1.29 is 0 Å². The molecule has 1 aromatic heterocycles. The maximum absolute atomic E-state index is 3.96. The highest BCUT2D eigenvalue weighted by Crippen LogP contribution is 2.25. The average Bonchev–Trinajstić information content (AvgIpc) is 2.66. The molecule has 86 valence electrons. The molecule has 1 heterocycles. The summed E-state index contributed by atoms with van der Waals surface area (Å²) in [6, 6.07) is 2.35. The fourth-order valence-electron chi connectivity index (χ4n) is 1.24. The number of H-pyrrole nitrogens is 1. The van der Waals surface area contributed by atoms with Crippen LogP contribution in [0, 0.1) is 11.3 Å². The molecule has 0 aliphatic heterocycles. The van der Waals surface area contributed by atoms with Crippen LogP contribution in [0.15, 0.2) is 12.3 Å². The topological polar surface area (TPSA) is 40.7 Å². The molecule has 0 amide bonds. The molecule has 0 aromatic carbocycles. The van der Waals surface area contributed by atoms with E-state index in [1.807, 2.05) is 6.07 Å². The normalized spacial score (nSPS) is 14.5. The van der Waals surface area contributed by atoms with E-state index in [2.05, 4.69) is 50.1 Å². The van der Waals surface area contributed by atoms with Gasteiger partial charge in [0.2, 0.25) is 0 Å². The van der Waals surface area contributed by atoms with Crippen molar-refractivity contribution in [3.05, 3.63) is 18.0 Å². The van der Waals surface area contributed by atoms with E-state index >= 15 is 0 Å². The van der Waals surface area contributed by atoms with Crippen LogP contribution in [0.5, 0.6) is 0 Å². The standard InChI is InChI=1S/C12H23N3/c1-9(2)12(4,5)8-13-10(3)11-6-7-14-15-11/h6-7,9-10,13H,8H2,1-5H3,(H,14,15). The zero-order valence-electron chi connectivity index (χ0n) is 10.5. The van der Waals surface area contributed by atoms with Gasteiger partial charge in [0.15, 0.2) is 0 Å². The monoisotopic (exact) mass is 209 g/mol. The highest BCUT2D eigenvalue weighted by atomic mass is 15.1. The Labute approximate surface area is 92.7 Å². The van der Waals surface area contributed by atoms with Crippen molar-refractivity contribution >= 4 is 0 Å². The van der Waals surface area contributed by atoms with Gasteiger partial charge in [0.1, 0.15) is 0 Å². The zero-order chi connectivity index (χ0) is 11.5. The summed E-state index contributed by atoms with van der Waals surface area (Å²) in [5, 5.41) is 10.5. The number of aromatic amines is 1. The molecular weight excluding hydrogens is 186 g/mol. The van der Waals surface area contributed by atoms with Gasteiger partial charge < -0.3 is 5.32 Å². The first-order chi connectivity index (χ1) is 6.93. The second-order valence-corrected chi connectivity index (χ2v) is 5.26. The second-order valence-electron chi connectivity index (χ2n) is 5.26. The van der Waals surface area contributed by atoms with Crippen LogP contribution in [0.1, 0.15) is 46.4 Å².